The smallest absolute Gasteiger partial charge is 0.221 e. The number of amides is 1. The first-order valence-corrected chi connectivity index (χ1v) is 11.7. The average molecular weight is 328 g/mol. The summed E-state index contributed by atoms with van der Waals surface area (Å²) >= 11 is 0. The molecular weight excluding hydrogens is 298 g/mol. The standard InChI is InChI=1S/C20H29NOSi/c1-20(2,3)23(4,5)21-18(16-13-7-6-8-14-16)17(19(21)22)15-11-9-10-12-15/h6-9,11,13-15,17-18H,10,12H2,1-5H3/t15?,17-,18-/m1/s1. The molecule has 1 amide bonds. The summed E-state index contributed by atoms with van der Waals surface area (Å²) in [6, 6.07) is 10.9. The largest absolute Gasteiger partial charge is 0.361 e. The van der Waals surface area contributed by atoms with E-state index < -0.39 is 8.24 Å². The van der Waals surface area contributed by atoms with E-state index in [-0.39, 0.29) is 17.0 Å². The minimum atomic E-state index is -1.86. The molecule has 0 spiro atoms. The minimum Gasteiger partial charge on any atom is -0.361 e. The van der Waals surface area contributed by atoms with Crippen LogP contribution in [0, 0.1) is 11.8 Å². The number of carbonyl (C=O) groups is 1. The van der Waals surface area contributed by atoms with Crippen molar-refractivity contribution in [2.24, 2.45) is 11.8 Å². The fraction of sp³-hybridized carbons (Fsp3) is 0.550. The molecule has 1 unspecified atom stereocenters. The maximum Gasteiger partial charge on any atom is 0.221 e. The highest BCUT2D eigenvalue weighted by Gasteiger charge is 2.59. The van der Waals surface area contributed by atoms with Gasteiger partial charge in [0.25, 0.3) is 0 Å². The lowest BCUT2D eigenvalue weighted by atomic mass is 9.76. The fourth-order valence-electron chi connectivity index (χ4n) is 3.87. The number of hydrogen-bond acceptors (Lipinski definition) is 1. The van der Waals surface area contributed by atoms with Crippen LogP contribution in [0.3, 0.4) is 0 Å². The first kappa shape index (κ1) is 16.5. The zero-order valence-electron chi connectivity index (χ0n) is 15.0. The fourth-order valence-corrected chi connectivity index (χ4v) is 6.30. The molecule has 0 saturated carbocycles. The van der Waals surface area contributed by atoms with Gasteiger partial charge in [-0.1, -0.05) is 76.3 Å². The Hall–Kier alpha value is -1.35. The van der Waals surface area contributed by atoms with Gasteiger partial charge in [0.15, 0.2) is 8.24 Å². The molecule has 0 aromatic heterocycles. The Balaban J connectivity index is 1.99. The maximum absolute atomic E-state index is 13.2. The minimum absolute atomic E-state index is 0.144. The summed E-state index contributed by atoms with van der Waals surface area (Å²) in [5.41, 5.74) is 1.31. The van der Waals surface area contributed by atoms with Gasteiger partial charge in [-0.05, 0) is 29.4 Å². The Labute approximate surface area is 141 Å². The third-order valence-electron chi connectivity index (χ3n) is 6.23. The normalized spacial score (nSPS) is 28.1. The van der Waals surface area contributed by atoms with Crippen molar-refractivity contribution >= 4 is 14.1 Å². The van der Waals surface area contributed by atoms with Gasteiger partial charge in [-0.3, -0.25) is 4.79 Å². The van der Waals surface area contributed by atoms with E-state index in [1.54, 1.807) is 0 Å². The van der Waals surface area contributed by atoms with Crippen molar-refractivity contribution in [1.29, 1.82) is 0 Å². The topological polar surface area (TPSA) is 20.3 Å². The molecule has 0 bridgehead atoms. The highest BCUT2D eigenvalue weighted by atomic mass is 28.3. The maximum atomic E-state index is 13.2. The number of nitrogens with zero attached hydrogens (tertiary/aromatic N) is 1. The number of allylic oxidation sites excluding steroid dienone is 2. The second-order valence-electron chi connectivity index (χ2n) is 8.57. The molecule has 124 valence electrons. The summed E-state index contributed by atoms with van der Waals surface area (Å²) in [5, 5.41) is 0.173. The van der Waals surface area contributed by atoms with Crippen LogP contribution >= 0.6 is 0 Å². The van der Waals surface area contributed by atoms with Gasteiger partial charge in [0.2, 0.25) is 5.91 Å². The van der Waals surface area contributed by atoms with E-state index in [9.17, 15) is 4.79 Å². The molecule has 1 heterocycles. The average Bonchev–Trinajstić information content (AvgIpc) is 2.97. The molecule has 1 aromatic carbocycles. The van der Waals surface area contributed by atoms with Crippen molar-refractivity contribution < 1.29 is 4.79 Å². The monoisotopic (exact) mass is 327 g/mol. The highest BCUT2D eigenvalue weighted by molar-refractivity contribution is 6.80. The SMILES string of the molecule is CC(C)(C)[Si](C)(C)N1C(=O)[C@H](C2C=CCC2)[C@H]1c1ccccc1. The molecule has 3 heteroatoms. The van der Waals surface area contributed by atoms with Crippen LogP contribution in [0.2, 0.25) is 18.1 Å². The first-order chi connectivity index (χ1) is 10.7. The van der Waals surface area contributed by atoms with Crippen molar-refractivity contribution in [1.82, 2.24) is 4.57 Å². The second kappa shape index (κ2) is 5.62. The van der Waals surface area contributed by atoms with E-state index >= 15 is 0 Å². The number of hydrogen-bond donors (Lipinski definition) is 0. The Morgan fingerprint density at radius 1 is 1.13 bits per heavy atom. The Bertz CT molecular complexity index is 614. The lowest BCUT2D eigenvalue weighted by Crippen LogP contribution is -2.69. The summed E-state index contributed by atoms with van der Waals surface area (Å²) in [6.45, 7) is 11.6. The summed E-state index contributed by atoms with van der Waals surface area (Å²) in [6.07, 6.45) is 6.78. The molecule has 23 heavy (non-hydrogen) atoms. The van der Waals surface area contributed by atoms with E-state index in [1.165, 1.54) is 5.56 Å². The van der Waals surface area contributed by atoms with Gasteiger partial charge < -0.3 is 4.57 Å². The van der Waals surface area contributed by atoms with Crippen molar-refractivity contribution in [2.45, 2.75) is 57.8 Å². The quantitative estimate of drug-likeness (QED) is 0.427. The third-order valence-corrected chi connectivity index (χ3v) is 11.6. The van der Waals surface area contributed by atoms with Crippen LogP contribution in [-0.4, -0.2) is 18.7 Å². The zero-order chi connectivity index (χ0) is 16.8. The van der Waals surface area contributed by atoms with Crippen molar-refractivity contribution in [2.75, 3.05) is 0 Å². The van der Waals surface area contributed by atoms with Gasteiger partial charge in [-0.15, -0.1) is 0 Å². The van der Waals surface area contributed by atoms with Gasteiger partial charge in [0.05, 0.1) is 12.0 Å². The molecule has 2 aliphatic rings. The number of β-lactam (4-membered cyclic amide) rings is 1. The lowest BCUT2D eigenvalue weighted by molar-refractivity contribution is -0.151. The van der Waals surface area contributed by atoms with Gasteiger partial charge in [0.1, 0.15) is 0 Å². The van der Waals surface area contributed by atoms with Crippen molar-refractivity contribution in [3.05, 3.63) is 48.0 Å². The Kier molecular flexibility index (Phi) is 4.03. The van der Waals surface area contributed by atoms with Crippen LogP contribution in [0.15, 0.2) is 42.5 Å². The van der Waals surface area contributed by atoms with E-state index in [1.807, 2.05) is 0 Å². The molecule has 0 N–H and O–H groups in total. The molecule has 0 radical (unpaired) electrons. The van der Waals surface area contributed by atoms with Crippen LogP contribution in [0.25, 0.3) is 0 Å². The van der Waals surface area contributed by atoms with Gasteiger partial charge >= 0.3 is 0 Å². The summed E-state index contributed by atoms with van der Waals surface area (Å²) in [5.74, 6) is 0.959. The molecule has 2 nitrogen and oxygen atoms in total. The Morgan fingerprint density at radius 3 is 2.30 bits per heavy atom. The van der Waals surface area contributed by atoms with Crippen LogP contribution in [-0.2, 0) is 4.79 Å². The molecule has 1 aliphatic heterocycles. The van der Waals surface area contributed by atoms with Crippen molar-refractivity contribution in [3.63, 3.8) is 0 Å². The van der Waals surface area contributed by atoms with E-state index in [2.05, 4.69) is 80.9 Å². The molecular formula is C20H29NOSi. The highest BCUT2D eigenvalue weighted by Crippen LogP contribution is 2.53. The molecule has 1 saturated heterocycles. The predicted octanol–water partition coefficient (Wildman–Crippen LogP) is 5.16. The van der Waals surface area contributed by atoms with E-state index in [0.717, 1.165) is 12.8 Å². The van der Waals surface area contributed by atoms with Gasteiger partial charge in [0, 0.05) is 0 Å². The predicted molar refractivity (Wildman–Crippen MR) is 98.6 cm³/mol. The Morgan fingerprint density at radius 2 is 1.78 bits per heavy atom. The van der Waals surface area contributed by atoms with Crippen LogP contribution in [0.4, 0.5) is 0 Å². The van der Waals surface area contributed by atoms with Crippen molar-refractivity contribution in [3.8, 4) is 0 Å². The zero-order valence-corrected chi connectivity index (χ0v) is 16.0. The number of carbonyl (C=O) groups excluding carboxylic acids is 1. The summed E-state index contributed by atoms with van der Waals surface area (Å²) in [4.78, 5) is 13.2. The van der Waals surface area contributed by atoms with Crippen LogP contribution in [0.1, 0.15) is 45.2 Å². The van der Waals surface area contributed by atoms with Gasteiger partial charge in [-0.2, -0.15) is 0 Å². The first-order valence-electron chi connectivity index (χ1n) is 8.80. The summed E-state index contributed by atoms with van der Waals surface area (Å²) in [7, 11) is -1.86. The van der Waals surface area contributed by atoms with Crippen LogP contribution < -0.4 is 0 Å². The van der Waals surface area contributed by atoms with E-state index in [0.29, 0.717) is 11.8 Å². The van der Waals surface area contributed by atoms with Crippen LogP contribution in [0.5, 0.6) is 0 Å². The van der Waals surface area contributed by atoms with Gasteiger partial charge in [-0.25, -0.2) is 0 Å². The molecule has 3 rings (SSSR count). The van der Waals surface area contributed by atoms with E-state index in [4.69, 9.17) is 0 Å². The molecule has 1 aromatic rings. The lowest BCUT2D eigenvalue weighted by Gasteiger charge is -2.59. The molecule has 1 fully saturated rings. The third kappa shape index (κ3) is 2.59. The molecule has 3 atom stereocenters. The number of rotatable bonds is 3. The number of benzene rings is 1. The summed E-state index contributed by atoms with van der Waals surface area (Å²) < 4.78 is 2.29. The second-order valence-corrected chi connectivity index (χ2v) is 13.7. The molecule has 1 aliphatic carbocycles.